The molecule has 3 saturated heterocycles. The number of nitrogens with zero attached hydrogens (tertiary/aromatic N) is 1. The largest absolute Gasteiger partial charge is 0.303 e. The van der Waals surface area contributed by atoms with E-state index in [1.54, 1.807) is 0 Å². The maximum Gasteiger partial charge on any atom is 0.163 e. The van der Waals surface area contributed by atoms with E-state index in [-0.39, 0.29) is 0 Å². The molecule has 1 aromatic rings. The van der Waals surface area contributed by atoms with E-state index in [2.05, 4.69) is 40.5 Å². The third kappa shape index (κ3) is 2.87. The molecule has 4 rings (SSSR count). The van der Waals surface area contributed by atoms with E-state index in [1.807, 2.05) is 12.1 Å². The minimum atomic E-state index is 0.332. The van der Waals surface area contributed by atoms with Crippen LogP contribution in [0.3, 0.4) is 0 Å². The van der Waals surface area contributed by atoms with Crippen LogP contribution in [0.2, 0.25) is 0 Å². The predicted molar refractivity (Wildman–Crippen MR) is 85.5 cm³/mol. The number of ketones is 1. The van der Waals surface area contributed by atoms with Crippen LogP contribution in [-0.4, -0.2) is 30.3 Å². The lowest BCUT2D eigenvalue weighted by molar-refractivity contribution is 0.0441. The molecule has 1 atom stereocenters. The summed E-state index contributed by atoms with van der Waals surface area (Å²) in [6.07, 6.45) is 3.33. The smallest absolute Gasteiger partial charge is 0.163 e. The second-order valence-electron chi connectivity index (χ2n) is 5.99. The number of hydrogen-bond donors (Lipinski definition) is 0. The van der Waals surface area contributed by atoms with Crippen molar-refractivity contribution in [3.8, 4) is 0 Å². The van der Waals surface area contributed by atoms with Crippen molar-refractivity contribution >= 4 is 28.4 Å². The van der Waals surface area contributed by atoms with E-state index < -0.39 is 0 Å². The Morgan fingerprint density at radius 3 is 2.68 bits per heavy atom. The number of rotatable bonds is 3. The standard InChI is InChI=1S/C16H20INO/c1-11-8-13(2-3-15(11)17)16(19)9-14-10-18-6-4-12(14)5-7-18/h2-3,8,12,14H,4-7,9-10H2,1H3. The number of halogens is 1. The third-order valence-electron chi connectivity index (χ3n) is 4.72. The van der Waals surface area contributed by atoms with Crippen LogP contribution in [-0.2, 0) is 0 Å². The Labute approximate surface area is 128 Å². The number of carbonyl (C=O) groups excluding carboxylic acids is 1. The Bertz CT molecular complexity index is 492. The highest BCUT2D eigenvalue weighted by molar-refractivity contribution is 14.1. The highest BCUT2D eigenvalue weighted by atomic mass is 127. The molecule has 3 aliphatic rings. The van der Waals surface area contributed by atoms with Gasteiger partial charge >= 0.3 is 0 Å². The molecule has 0 aromatic heterocycles. The van der Waals surface area contributed by atoms with Gasteiger partial charge in [0.25, 0.3) is 0 Å². The molecule has 2 nitrogen and oxygen atoms in total. The van der Waals surface area contributed by atoms with Crippen LogP contribution in [0.15, 0.2) is 18.2 Å². The summed E-state index contributed by atoms with van der Waals surface area (Å²) in [6.45, 7) is 5.71. The lowest BCUT2D eigenvalue weighted by Crippen LogP contribution is -2.47. The van der Waals surface area contributed by atoms with Crippen molar-refractivity contribution in [2.45, 2.75) is 26.2 Å². The first kappa shape index (κ1) is 13.6. The molecule has 3 heterocycles. The fourth-order valence-corrected chi connectivity index (χ4v) is 3.83. The summed E-state index contributed by atoms with van der Waals surface area (Å²) in [5.41, 5.74) is 2.11. The molecule has 0 N–H and O–H groups in total. The Balaban J connectivity index is 1.69. The summed E-state index contributed by atoms with van der Waals surface area (Å²) in [7, 11) is 0. The van der Waals surface area contributed by atoms with Crippen molar-refractivity contribution in [2.24, 2.45) is 11.8 Å². The van der Waals surface area contributed by atoms with Crippen LogP contribution in [0.5, 0.6) is 0 Å². The topological polar surface area (TPSA) is 20.3 Å². The molecule has 2 bridgehead atoms. The van der Waals surface area contributed by atoms with Crippen molar-refractivity contribution < 1.29 is 4.79 Å². The number of fused-ring (bicyclic) bond motifs is 3. The van der Waals surface area contributed by atoms with Crippen LogP contribution in [0, 0.1) is 22.3 Å². The summed E-state index contributed by atoms with van der Waals surface area (Å²) in [6, 6.07) is 6.09. The summed E-state index contributed by atoms with van der Waals surface area (Å²) in [4.78, 5) is 15.0. The van der Waals surface area contributed by atoms with Gasteiger partial charge in [-0.2, -0.15) is 0 Å². The van der Waals surface area contributed by atoms with E-state index in [4.69, 9.17) is 0 Å². The van der Waals surface area contributed by atoms with Gasteiger partial charge in [0.1, 0.15) is 0 Å². The molecule has 102 valence electrons. The first-order valence-corrected chi connectivity index (χ1v) is 8.23. The van der Waals surface area contributed by atoms with E-state index in [1.165, 1.54) is 35.1 Å². The fourth-order valence-electron chi connectivity index (χ4n) is 3.49. The minimum absolute atomic E-state index is 0.332. The Kier molecular flexibility index (Phi) is 3.94. The molecule has 0 aliphatic carbocycles. The molecule has 0 spiro atoms. The van der Waals surface area contributed by atoms with Crippen molar-refractivity contribution in [3.63, 3.8) is 0 Å². The second-order valence-corrected chi connectivity index (χ2v) is 7.15. The van der Waals surface area contributed by atoms with Gasteiger partial charge in [-0.25, -0.2) is 0 Å². The Hall–Kier alpha value is -0.420. The number of piperidine rings is 3. The van der Waals surface area contributed by atoms with Gasteiger partial charge in [0, 0.05) is 22.1 Å². The van der Waals surface area contributed by atoms with Gasteiger partial charge in [0.05, 0.1) is 0 Å². The summed E-state index contributed by atoms with van der Waals surface area (Å²) in [5, 5.41) is 0. The van der Waals surface area contributed by atoms with Gasteiger partial charge in [-0.3, -0.25) is 4.79 Å². The highest BCUT2D eigenvalue weighted by Crippen LogP contribution is 2.34. The van der Waals surface area contributed by atoms with Crippen molar-refractivity contribution in [3.05, 3.63) is 32.9 Å². The zero-order valence-electron chi connectivity index (χ0n) is 11.4. The fraction of sp³-hybridized carbons (Fsp3) is 0.562. The zero-order valence-corrected chi connectivity index (χ0v) is 13.5. The lowest BCUT2D eigenvalue weighted by Gasteiger charge is -2.44. The summed E-state index contributed by atoms with van der Waals surface area (Å²) >= 11 is 2.32. The van der Waals surface area contributed by atoms with Gasteiger partial charge in [0.2, 0.25) is 0 Å². The summed E-state index contributed by atoms with van der Waals surface area (Å²) < 4.78 is 1.23. The molecule has 1 unspecified atom stereocenters. The number of carbonyl (C=O) groups is 1. The zero-order chi connectivity index (χ0) is 13.4. The predicted octanol–water partition coefficient (Wildman–Crippen LogP) is 3.51. The van der Waals surface area contributed by atoms with Gasteiger partial charge < -0.3 is 4.90 Å². The van der Waals surface area contributed by atoms with Crippen LogP contribution < -0.4 is 0 Å². The van der Waals surface area contributed by atoms with Gasteiger partial charge in [0.15, 0.2) is 5.78 Å². The van der Waals surface area contributed by atoms with Gasteiger partial charge in [-0.15, -0.1) is 0 Å². The normalized spacial score (nSPS) is 29.5. The SMILES string of the molecule is Cc1cc(C(=O)CC2CN3CCC2CC3)ccc1I. The molecule has 3 aliphatic heterocycles. The van der Waals surface area contributed by atoms with Gasteiger partial charge in [-0.1, -0.05) is 6.07 Å². The van der Waals surface area contributed by atoms with E-state index in [9.17, 15) is 4.79 Å². The maximum atomic E-state index is 12.4. The third-order valence-corrected chi connectivity index (χ3v) is 5.93. The molecule has 3 heteroatoms. The van der Waals surface area contributed by atoms with Crippen LogP contribution in [0.1, 0.15) is 35.2 Å². The quantitative estimate of drug-likeness (QED) is 0.600. The van der Waals surface area contributed by atoms with Gasteiger partial charge in [-0.05, 0) is 85.0 Å². The number of benzene rings is 1. The monoisotopic (exact) mass is 369 g/mol. The second kappa shape index (κ2) is 5.52. The number of hydrogen-bond acceptors (Lipinski definition) is 2. The summed E-state index contributed by atoms with van der Waals surface area (Å²) in [5.74, 6) is 1.71. The molecule has 3 fully saturated rings. The number of aryl methyl sites for hydroxylation is 1. The van der Waals surface area contributed by atoms with Crippen LogP contribution >= 0.6 is 22.6 Å². The molecule has 19 heavy (non-hydrogen) atoms. The Morgan fingerprint density at radius 2 is 2.11 bits per heavy atom. The van der Waals surface area contributed by atoms with Crippen molar-refractivity contribution in [1.82, 2.24) is 4.90 Å². The van der Waals surface area contributed by atoms with Crippen LogP contribution in [0.25, 0.3) is 0 Å². The maximum absolute atomic E-state index is 12.4. The first-order chi connectivity index (χ1) is 9.13. The molecule has 0 amide bonds. The molecule has 0 radical (unpaired) electrons. The molecule has 1 aromatic carbocycles. The molecular weight excluding hydrogens is 349 g/mol. The average Bonchev–Trinajstić information content (AvgIpc) is 2.43. The molecule has 0 saturated carbocycles. The Morgan fingerprint density at radius 1 is 1.37 bits per heavy atom. The van der Waals surface area contributed by atoms with E-state index >= 15 is 0 Å². The van der Waals surface area contributed by atoms with E-state index in [0.717, 1.165) is 24.4 Å². The average molecular weight is 369 g/mol. The first-order valence-electron chi connectivity index (χ1n) is 7.15. The lowest BCUT2D eigenvalue weighted by atomic mass is 9.76. The van der Waals surface area contributed by atoms with Crippen LogP contribution in [0.4, 0.5) is 0 Å². The van der Waals surface area contributed by atoms with Crippen molar-refractivity contribution in [1.29, 1.82) is 0 Å². The molecular formula is C16H20INO. The number of Topliss-reactive ketones (excluding diaryl/α,β-unsaturated/α-hetero) is 1. The van der Waals surface area contributed by atoms with Crippen molar-refractivity contribution in [2.75, 3.05) is 19.6 Å². The van der Waals surface area contributed by atoms with E-state index in [0.29, 0.717) is 11.7 Å². The minimum Gasteiger partial charge on any atom is -0.303 e. The highest BCUT2D eigenvalue weighted by Gasteiger charge is 2.35.